The van der Waals surface area contributed by atoms with Gasteiger partial charge in [0.2, 0.25) is 0 Å². The van der Waals surface area contributed by atoms with Gasteiger partial charge in [-0.3, -0.25) is 10.1 Å². The van der Waals surface area contributed by atoms with E-state index >= 15 is 0 Å². The third kappa shape index (κ3) is 5.23. The third-order valence-electron chi connectivity index (χ3n) is 2.13. The molecule has 110 valence electrons. The van der Waals surface area contributed by atoms with Crippen LogP contribution in [0.3, 0.4) is 0 Å². The molecule has 1 aromatic rings. The summed E-state index contributed by atoms with van der Waals surface area (Å²) in [7, 11) is 0. The first-order valence-electron chi connectivity index (χ1n) is 5.97. The zero-order chi connectivity index (χ0) is 15.3. The van der Waals surface area contributed by atoms with Crippen molar-refractivity contribution in [2.24, 2.45) is 0 Å². The van der Waals surface area contributed by atoms with Crippen molar-refractivity contribution < 1.29 is 24.3 Å². The molecule has 0 saturated heterocycles. The molecule has 1 N–H and O–H groups in total. The van der Waals surface area contributed by atoms with Crippen molar-refractivity contribution >= 4 is 11.7 Å². The van der Waals surface area contributed by atoms with Gasteiger partial charge in [0.05, 0.1) is 4.92 Å². The van der Waals surface area contributed by atoms with Crippen molar-refractivity contribution in [3.63, 3.8) is 0 Å². The molecule has 1 rings (SSSR count). The number of nitro groups is 1. The van der Waals surface area contributed by atoms with Crippen molar-refractivity contribution in [1.29, 1.82) is 0 Å². The second-order valence-corrected chi connectivity index (χ2v) is 5.11. The number of ether oxygens (including phenoxy) is 2. The molecule has 1 atom stereocenters. The highest BCUT2D eigenvalue weighted by atomic mass is 16.6. The SMILES string of the molecule is CC(C)(C)OC(=O)C(O)COc1ccc([N+](=O)[O-])cc1. The Kier molecular flexibility index (Phi) is 5.04. The molecule has 0 spiro atoms. The Morgan fingerprint density at radius 1 is 1.35 bits per heavy atom. The highest BCUT2D eigenvalue weighted by molar-refractivity contribution is 5.74. The van der Waals surface area contributed by atoms with E-state index in [1.165, 1.54) is 24.3 Å². The van der Waals surface area contributed by atoms with Crippen LogP contribution >= 0.6 is 0 Å². The highest BCUT2D eigenvalue weighted by Gasteiger charge is 2.23. The monoisotopic (exact) mass is 283 g/mol. The number of carbonyl (C=O) groups is 1. The number of nitro benzene ring substituents is 1. The van der Waals surface area contributed by atoms with Gasteiger partial charge in [-0.25, -0.2) is 4.79 Å². The fraction of sp³-hybridized carbons (Fsp3) is 0.462. The summed E-state index contributed by atoms with van der Waals surface area (Å²) in [5.74, 6) is -0.461. The minimum absolute atomic E-state index is 0.0648. The fourth-order valence-corrected chi connectivity index (χ4v) is 1.28. The van der Waals surface area contributed by atoms with E-state index in [0.717, 1.165) is 0 Å². The number of nitrogens with zero attached hydrogens (tertiary/aromatic N) is 1. The number of rotatable bonds is 5. The molecular weight excluding hydrogens is 266 g/mol. The van der Waals surface area contributed by atoms with Crippen LogP contribution in [-0.4, -0.2) is 34.3 Å². The lowest BCUT2D eigenvalue weighted by molar-refractivity contribution is -0.384. The Balaban J connectivity index is 2.50. The number of non-ortho nitro benzene ring substituents is 1. The molecule has 20 heavy (non-hydrogen) atoms. The third-order valence-corrected chi connectivity index (χ3v) is 2.13. The first kappa shape index (κ1) is 15.9. The molecule has 0 radical (unpaired) electrons. The Morgan fingerprint density at radius 3 is 2.35 bits per heavy atom. The van der Waals surface area contributed by atoms with Crippen LogP contribution in [0.2, 0.25) is 0 Å². The van der Waals surface area contributed by atoms with Gasteiger partial charge in [-0.2, -0.15) is 0 Å². The predicted molar refractivity (Wildman–Crippen MR) is 70.4 cm³/mol. The van der Waals surface area contributed by atoms with Gasteiger partial charge in [-0.15, -0.1) is 0 Å². The van der Waals surface area contributed by atoms with E-state index in [0.29, 0.717) is 5.75 Å². The van der Waals surface area contributed by atoms with Crippen LogP contribution in [0.5, 0.6) is 5.75 Å². The summed E-state index contributed by atoms with van der Waals surface area (Å²) in [6, 6.07) is 5.32. The minimum atomic E-state index is -1.41. The van der Waals surface area contributed by atoms with Crippen molar-refractivity contribution in [3.8, 4) is 5.75 Å². The Morgan fingerprint density at radius 2 is 1.90 bits per heavy atom. The van der Waals surface area contributed by atoms with Crippen molar-refractivity contribution in [3.05, 3.63) is 34.4 Å². The molecule has 0 heterocycles. The molecule has 7 heteroatoms. The van der Waals surface area contributed by atoms with Gasteiger partial charge in [0.1, 0.15) is 18.0 Å². The molecule has 0 aliphatic rings. The van der Waals surface area contributed by atoms with Crippen LogP contribution in [0.25, 0.3) is 0 Å². The van der Waals surface area contributed by atoms with E-state index in [1.807, 2.05) is 0 Å². The van der Waals surface area contributed by atoms with Gasteiger partial charge < -0.3 is 14.6 Å². The molecule has 1 aromatic carbocycles. The first-order valence-corrected chi connectivity index (χ1v) is 5.97. The Hall–Kier alpha value is -2.15. The van der Waals surface area contributed by atoms with Crippen LogP contribution in [0, 0.1) is 10.1 Å². The van der Waals surface area contributed by atoms with E-state index in [4.69, 9.17) is 9.47 Å². The summed E-state index contributed by atoms with van der Waals surface area (Å²) in [6.07, 6.45) is -1.41. The van der Waals surface area contributed by atoms with Crippen molar-refractivity contribution in [2.45, 2.75) is 32.5 Å². The van der Waals surface area contributed by atoms with Gasteiger partial charge in [0.25, 0.3) is 5.69 Å². The van der Waals surface area contributed by atoms with Gasteiger partial charge in [0.15, 0.2) is 6.10 Å². The zero-order valence-corrected chi connectivity index (χ0v) is 11.5. The molecule has 7 nitrogen and oxygen atoms in total. The number of esters is 1. The average Bonchev–Trinajstić information content (AvgIpc) is 2.34. The predicted octanol–water partition coefficient (Wildman–Crippen LogP) is 1.68. The number of aliphatic hydroxyl groups is 1. The lowest BCUT2D eigenvalue weighted by Crippen LogP contribution is -2.35. The normalized spacial score (nSPS) is 12.6. The summed E-state index contributed by atoms with van der Waals surface area (Å²) < 4.78 is 10.1. The highest BCUT2D eigenvalue weighted by Crippen LogP contribution is 2.17. The van der Waals surface area contributed by atoms with Crippen LogP contribution in [0.15, 0.2) is 24.3 Å². The lowest BCUT2D eigenvalue weighted by Gasteiger charge is -2.21. The lowest BCUT2D eigenvalue weighted by atomic mass is 10.2. The Bertz CT molecular complexity index is 477. The molecule has 0 fully saturated rings. The number of aliphatic hydroxyl groups excluding tert-OH is 1. The van der Waals surface area contributed by atoms with E-state index in [1.54, 1.807) is 20.8 Å². The standard InChI is InChI=1S/C13H17NO6/c1-13(2,3)20-12(16)11(15)8-19-10-6-4-9(5-7-10)14(17)18/h4-7,11,15H,8H2,1-3H3. The average molecular weight is 283 g/mol. The maximum atomic E-state index is 11.5. The first-order chi connectivity index (χ1) is 9.19. The maximum absolute atomic E-state index is 11.5. The minimum Gasteiger partial charge on any atom is -0.490 e. The molecule has 0 aromatic heterocycles. The molecule has 0 bridgehead atoms. The summed E-state index contributed by atoms with van der Waals surface area (Å²) in [6.45, 7) is 4.78. The van der Waals surface area contributed by atoms with Gasteiger partial charge in [0, 0.05) is 12.1 Å². The van der Waals surface area contributed by atoms with Crippen LogP contribution in [-0.2, 0) is 9.53 Å². The number of hydrogen-bond acceptors (Lipinski definition) is 6. The van der Waals surface area contributed by atoms with Crippen molar-refractivity contribution in [2.75, 3.05) is 6.61 Å². The van der Waals surface area contributed by atoms with E-state index in [-0.39, 0.29) is 12.3 Å². The Labute approximate surface area is 116 Å². The fourth-order valence-electron chi connectivity index (χ4n) is 1.28. The molecule has 0 aliphatic heterocycles. The second kappa shape index (κ2) is 6.33. The zero-order valence-electron chi connectivity index (χ0n) is 11.5. The molecular formula is C13H17NO6. The van der Waals surface area contributed by atoms with Crippen LogP contribution in [0.1, 0.15) is 20.8 Å². The number of hydrogen-bond donors (Lipinski definition) is 1. The topological polar surface area (TPSA) is 98.9 Å². The second-order valence-electron chi connectivity index (χ2n) is 5.11. The van der Waals surface area contributed by atoms with Gasteiger partial charge in [-0.05, 0) is 32.9 Å². The number of carbonyl (C=O) groups excluding carboxylic acids is 1. The van der Waals surface area contributed by atoms with Gasteiger partial charge in [-0.1, -0.05) is 0 Å². The quantitative estimate of drug-likeness (QED) is 0.501. The molecule has 0 saturated carbocycles. The summed E-state index contributed by atoms with van der Waals surface area (Å²) in [4.78, 5) is 21.4. The molecule has 1 unspecified atom stereocenters. The largest absolute Gasteiger partial charge is 0.490 e. The number of benzene rings is 1. The maximum Gasteiger partial charge on any atom is 0.339 e. The van der Waals surface area contributed by atoms with Crippen LogP contribution in [0.4, 0.5) is 5.69 Å². The van der Waals surface area contributed by atoms with Gasteiger partial charge >= 0.3 is 5.97 Å². The van der Waals surface area contributed by atoms with Crippen molar-refractivity contribution in [1.82, 2.24) is 0 Å². The molecule has 0 aliphatic carbocycles. The summed E-state index contributed by atoms with van der Waals surface area (Å²) >= 11 is 0. The van der Waals surface area contributed by atoms with E-state index in [2.05, 4.69) is 0 Å². The summed E-state index contributed by atoms with van der Waals surface area (Å²) in [5.41, 5.74) is -0.754. The van der Waals surface area contributed by atoms with E-state index < -0.39 is 22.6 Å². The summed E-state index contributed by atoms with van der Waals surface area (Å²) in [5, 5.41) is 20.0. The smallest absolute Gasteiger partial charge is 0.339 e. The molecule has 0 amide bonds. The van der Waals surface area contributed by atoms with Crippen LogP contribution < -0.4 is 4.74 Å². The van der Waals surface area contributed by atoms with E-state index in [9.17, 15) is 20.0 Å².